The van der Waals surface area contributed by atoms with Gasteiger partial charge in [-0.15, -0.1) is 0 Å². The zero-order chi connectivity index (χ0) is 15.1. The van der Waals surface area contributed by atoms with Crippen molar-refractivity contribution in [3.05, 3.63) is 0 Å². The van der Waals surface area contributed by atoms with Crippen LogP contribution in [0.15, 0.2) is 0 Å². The van der Waals surface area contributed by atoms with Gasteiger partial charge in [0.15, 0.2) is 0 Å². The van der Waals surface area contributed by atoms with Gasteiger partial charge < -0.3 is 0 Å². The molecule has 0 aliphatic carbocycles. The fourth-order valence-corrected chi connectivity index (χ4v) is 2.73. The third-order valence-electron chi connectivity index (χ3n) is 3.16. The first-order valence-corrected chi connectivity index (χ1v) is 9.49. The van der Waals surface area contributed by atoms with Crippen molar-refractivity contribution >= 4 is 40.0 Å². The Balaban J connectivity index is 0. The van der Waals surface area contributed by atoms with Gasteiger partial charge in [-0.1, -0.05) is 71.6 Å². The van der Waals surface area contributed by atoms with E-state index in [1.54, 1.807) is 0 Å². The molecule has 21 heavy (non-hydrogen) atoms. The molecule has 0 spiro atoms. The third kappa shape index (κ3) is 18.8. The molecule has 0 heterocycles. The summed E-state index contributed by atoms with van der Waals surface area (Å²) in [6.45, 7) is 4.52. The van der Waals surface area contributed by atoms with Gasteiger partial charge in [0.2, 0.25) is 0 Å². The van der Waals surface area contributed by atoms with Gasteiger partial charge in [0.05, 0.1) is 13.2 Å². The predicted molar refractivity (Wildman–Crippen MR) is 90.1 cm³/mol. The molecule has 0 N–H and O–H groups in total. The summed E-state index contributed by atoms with van der Waals surface area (Å²) in [4.78, 5) is 0. The first-order valence-electron chi connectivity index (χ1n) is 8.16. The average Bonchev–Trinajstić information content (AvgIpc) is 2.42. The third-order valence-corrected chi connectivity index (χ3v) is 4.07. The van der Waals surface area contributed by atoms with Gasteiger partial charge >= 0.3 is 40.0 Å². The second-order valence-electron chi connectivity index (χ2n) is 5.23. The molecule has 0 unspecified atom stereocenters. The van der Waals surface area contributed by atoms with Crippen molar-refractivity contribution in [2.75, 3.05) is 13.2 Å². The molecule has 0 aromatic heterocycles. The molecule has 0 aromatic carbocycles. The zero-order valence-electron chi connectivity index (χ0n) is 13.2. The molecule has 124 valence electrons. The molecule has 0 saturated heterocycles. The standard InChI is InChI=1S/C15H32O4S.Na.H/c1-3-5-6-7-8-9-10-11-12-13-15-19-20(16,17)18-14-4-2;;/h3-15H2,1-2H3;;. The van der Waals surface area contributed by atoms with Gasteiger partial charge in [0.1, 0.15) is 0 Å². The molecule has 0 bridgehead atoms. The van der Waals surface area contributed by atoms with Crippen LogP contribution in [0.4, 0.5) is 0 Å². The first kappa shape index (κ1) is 24.1. The van der Waals surface area contributed by atoms with Gasteiger partial charge in [-0.2, -0.15) is 8.42 Å². The quantitative estimate of drug-likeness (QED) is 0.337. The molecule has 0 fully saturated rings. The van der Waals surface area contributed by atoms with Gasteiger partial charge in [0.25, 0.3) is 0 Å². The van der Waals surface area contributed by atoms with E-state index in [4.69, 9.17) is 4.18 Å². The minimum absolute atomic E-state index is 0. The number of unbranched alkanes of at least 4 members (excludes halogenated alkanes) is 9. The maximum absolute atomic E-state index is 11.2. The van der Waals surface area contributed by atoms with Crippen molar-refractivity contribution in [1.29, 1.82) is 0 Å². The Morgan fingerprint density at radius 1 is 0.619 bits per heavy atom. The van der Waals surface area contributed by atoms with E-state index in [2.05, 4.69) is 11.1 Å². The molecule has 0 amide bonds. The second kappa shape index (κ2) is 17.2. The summed E-state index contributed by atoms with van der Waals surface area (Å²) >= 11 is 0. The molecule has 0 aliphatic heterocycles. The molecule has 4 nitrogen and oxygen atoms in total. The van der Waals surface area contributed by atoms with Crippen molar-refractivity contribution < 1.29 is 16.8 Å². The van der Waals surface area contributed by atoms with Crippen LogP contribution >= 0.6 is 0 Å². The maximum atomic E-state index is 11.2. The van der Waals surface area contributed by atoms with Crippen LogP contribution in [-0.4, -0.2) is 51.2 Å². The van der Waals surface area contributed by atoms with E-state index < -0.39 is 10.4 Å². The topological polar surface area (TPSA) is 52.6 Å². The summed E-state index contributed by atoms with van der Waals surface area (Å²) in [5.74, 6) is 0. The summed E-state index contributed by atoms with van der Waals surface area (Å²) < 4.78 is 31.8. The first-order chi connectivity index (χ1) is 9.62. The van der Waals surface area contributed by atoms with Crippen molar-refractivity contribution in [3.63, 3.8) is 0 Å². The van der Waals surface area contributed by atoms with Crippen LogP contribution < -0.4 is 0 Å². The van der Waals surface area contributed by atoms with E-state index in [0.29, 0.717) is 6.42 Å². The molecule has 0 rings (SSSR count). The second-order valence-corrected chi connectivity index (χ2v) is 6.52. The summed E-state index contributed by atoms with van der Waals surface area (Å²) in [5.41, 5.74) is 0. The predicted octanol–water partition coefficient (Wildman–Crippen LogP) is 3.95. The molecule has 0 aliphatic rings. The van der Waals surface area contributed by atoms with Crippen LogP contribution in [0.2, 0.25) is 0 Å². The van der Waals surface area contributed by atoms with E-state index >= 15 is 0 Å². The Bertz CT molecular complexity index is 294. The van der Waals surface area contributed by atoms with Crippen LogP contribution in [-0.2, 0) is 18.8 Å². The van der Waals surface area contributed by atoms with E-state index in [-0.39, 0.29) is 42.8 Å². The van der Waals surface area contributed by atoms with Crippen LogP contribution in [0.3, 0.4) is 0 Å². The average molecular weight is 332 g/mol. The minimum atomic E-state index is -3.75. The monoisotopic (exact) mass is 332 g/mol. The molecule has 0 atom stereocenters. The van der Waals surface area contributed by atoms with Crippen molar-refractivity contribution in [2.24, 2.45) is 0 Å². The number of rotatable bonds is 15. The molecule has 6 heteroatoms. The Morgan fingerprint density at radius 3 is 1.52 bits per heavy atom. The van der Waals surface area contributed by atoms with Gasteiger partial charge in [-0.3, -0.25) is 0 Å². The van der Waals surface area contributed by atoms with Gasteiger partial charge in [-0.05, 0) is 12.8 Å². The van der Waals surface area contributed by atoms with Crippen LogP contribution in [0.1, 0.15) is 84.5 Å². The van der Waals surface area contributed by atoms with E-state index in [1.807, 2.05) is 6.92 Å². The summed E-state index contributed by atoms with van der Waals surface area (Å²) in [6, 6.07) is 0. The fourth-order valence-electron chi connectivity index (χ4n) is 1.97. The summed E-state index contributed by atoms with van der Waals surface area (Å²) in [6.07, 6.45) is 12.9. The molecule has 0 saturated carbocycles. The van der Waals surface area contributed by atoms with E-state index in [0.717, 1.165) is 19.3 Å². The Kier molecular flexibility index (Phi) is 19.8. The van der Waals surface area contributed by atoms with Gasteiger partial charge in [0, 0.05) is 0 Å². The number of hydrogen-bond acceptors (Lipinski definition) is 4. The van der Waals surface area contributed by atoms with E-state index in [1.165, 1.54) is 44.9 Å². The molecule has 0 aromatic rings. The molecule has 0 radical (unpaired) electrons. The van der Waals surface area contributed by atoms with Crippen LogP contribution in [0.5, 0.6) is 0 Å². The van der Waals surface area contributed by atoms with Crippen LogP contribution in [0.25, 0.3) is 0 Å². The van der Waals surface area contributed by atoms with Crippen LogP contribution in [0, 0.1) is 0 Å². The Labute approximate surface area is 154 Å². The zero-order valence-corrected chi connectivity index (χ0v) is 14.1. The summed E-state index contributed by atoms with van der Waals surface area (Å²) in [5, 5.41) is 0. The fraction of sp³-hybridized carbons (Fsp3) is 1.00. The van der Waals surface area contributed by atoms with Crippen molar-refractivity contribution in [2.45, 2.75) is 84.5 Å². The van der Waals surface area contributed by atoms with Crippen molar-refractivity contribution in [1.82, 2.24) is 0 Å². The Hall–Kier alpha value is 0.870. The summed E-state index contributed by atoms with van der Waals surface area (Å²) in [7, 11) is -3.75. The normalized spacial score (nSPS) is 11.3. The van der Waals surface area contributed by atoms with Crippen molar-refractivity contribution in [3.8, 4) is 0 Å². The Morgan fingerprint density at radius 2 is 1.05 bits per heavy atom. The van der Waals surface area contributed by atoms with Gasteiger partial charge in [-0.25, -0.2) is 8.37 Å². The molecular formula is C15H33NaO4S. The molecular weight excluding hydrogens is 299 g/mol. The number of hydrogen-bond donors (Lipinski definition) is 0. The van der Waals surface area contributed by atoms with E-state index in [9.17, 15) is 8.42 Å². The SMILES string of the molecule is CCCCCCCCCCCCOS(=O)(=O)OCCC.[NaH].